The highest BCUT2D eigenvalue weighted by molar-refractivity contribution is 7.89. The maximum atomic E-state index is 15.5. The Labute approximate surface area is 244 Å². The molecule has 236 valence electrons. The summed E-state index contributed by atoms with van der Waals surface area (Å²) >= 11 is 0.502. The summed E-state index contributed by atoms with van der Waals surface area (Å²) in [6, 6.07) is -2.13. The van der Waals surface area contributed by atoms with Crippen LogP contribution in [-0.2, 0) is 15.6 Å². The van der Waals surface area contributed by atoms with Gasteiger partial charge >= 0.3 is 6.18 Å². The van der Waals surface area contributed by atoms with Gasteiger partial charge in [-0.15, -0.1) is 21.5 Å². The molecule has 0 aliphatic carbocycles. The molecule has 2 unspecified atom stereocenters. The summed E-state index contributed by atoms with van der Waals surface area (Å²) in [6.45, 7) is 4.28. The fraction of sp³-hybridized carbons (Fsp3) is 0.500. The number of amides is 1. The number of nitrogens with one attached hydrogen (secondary N) is 1. The Hall–Kier alpha value is -3.16. The smallest absolute Gasteiger partial charge is 0.404 e. The minimum Gasteiger partial charge on any atom is -0.415 e. The van der Waals surface area contributed by atoms with Gasteiger partial charge in [-0.2, -0.15) is 17.9 Å². The lowest BCUT2D eigenvalue weighted by Gasteiger charge is -2.21. The van der Waals surface area contributed by atoms with Crippen molar-refractivity contribution >= 4 is 27.3 Å². The number of carbonyl (C=O) groups is 1. The van der Waals surface area contributed by atoms with Gasteiger partial charge in [0.2, 0.25) is 15.9 Å². The quantitative estimate of drug-likeness (QED) is 0.324. The lowest BCUT2D eigenvalue weighted by Crippen LogP contribution is -2.43. The third kappa shape index (κ3) is 6.53. The molecule has 10 nitrogen and oxygen atoms in total. The summed E-state index contributed by atoms with van der Waals surface area (Å²) in [6.07, 6.45) is -10.2. The number of hydrogen-bond acceptors (Lipinski definition) is 9. The second kappa shape index (κ2) is 11.4. The zero-order valence-electron chi connectivity index (χ0n) is 22.7. The van der Waals surface area contributed by atoms with E-state index >= 15 is 4.39 Å². The van der Waals surface area contributed by atoms with Gasteiger partial charge in [-0.1, -0.05) is 6.07 Å². The minimum absolute atomic E-state index is 0.0243. The van der Waals surface area contributed by atoms with E-state index in [1.807, 2.05) is 0 Å². The number of sulfonamides is 1. The predicted octanol–water partition coefficient (Wildman–Crippen LogP) is 4.97. The maximum absolute atomic E-state index is 15.5. The van der Waals surface area contributed by atoms with Crippen LogP contribution >= 0.6 is 11.3 Å². The van der Waals surface area contributed by atoms with Crippen LogP contribution in [0.2, 0.25) is 0 Å². The fourth-order valence-electron chi connectivity index (χ4n) is 4.24. The number of rotatable bonds is 8. The molecule has 19 heteroatoms. The van der Waals surface area contributed by atoms with E-state index in [1.54, 1.807) is 0 Å². The Kier molecular flexibility index (Phi) is 8.68. The Morgan fingerprint density at radius 3 is 2.40 bits per heavy atom. The van der Waals surface area contributed by atoms with Crippen molar-refractivity contribution in [3.63, 3.8) is 0 Å². The van der Waals surface area contributed by atoms with E-state index in [-0.39, 0.29) is 29.8 Å². The SMILES string of the molecule is CC(NS(=O)(=O)c1ccc(-c2sc(-c3nnc(C(C)(C)O)o3)nc2C(=O)N2CC(F)C[C@@H]2C)c(C(F)F)c1F)C(F)(F)F. The number of thiazole rings is 1. The zero-order chi connectivity index (χ0) is 32.2. The molecule has 1 aliphatic heterocycles. The van der Waals surface area contributed by atoms with Crippen molar-refractivity contribution in [2.45, 2.75) is 75.5 Å². The number of nitrogens with zero attached hydrogens (tertiary/aromatic N) is 4. The number of carbonyl (C=O) groups excluding carboxylic acids is 1. The van der Waals surface area contributed by atoms with Crippen LogP contribution in [0.5, 0.6) is 0 Å². The lowest BCUT2D eigenvalue weighted by atomic mass is 10.0. The molecule has 1 saturated heterocycles. The van der Waals surface area contributed by atoms with E-state index in [0.717, 1.165) is 4.90 Å². The van der Waals surface area contributed by atoms with Gasteiger partial charge in [0.05, 0.1) is 17.0 Å². The van der Waals surface area contributed by atoms with Gasteiger partial charge in [-0.25, -0.2) is 31.0 Å². The average Bonchev–Trinajstić information content (AvgIpc) is 3.60. The molecule has 1 aromatic carbocycles. The summed E-state index contributed by atoms with van der Waals surface area (Å²) in [7, 11) is -5.29. The molecule has 0 spiro atoms. The Morgan fingerprint density at radius 2 is 1.88 bits per heavy atom. The molecule has 43 heavy (non-hydrogen) atoms. The molecule has 0 saturated carbocycles. The van der Waals surface area contributed by atoms with Crippen molar-refractivity contribution in [3.8, 4) is 21.3 Å². The van der Waals surface area contributed by atoms with Crippen molar-refractivity contribution in [3.05, 3.63) is 35.1 Å². The highest BCUT2D eigenvalue weighted by Crippen LogP contribution is 2.43. The molecule has 2 aromatic heterocycles. The molecule has 3 heterocycles. The van der Waals surface area contributed by atoms with Gasteiger partial charge in [0.25, 0.3) is 18.2 Å². The van der Waals surface area contributed by atoms with Crippen LogP contribution in [0.4, 0.5) is 30.7 Å². The Morgan fingerprint density at radius 1 is 1.23 bits per heavy atom. The summed E-state index contributed by atoms with van der Waals surface area (Å²) < 4.78 is 129. The van der Waals surface area contributed by atoms with E-state index in [9.17, 15) is 44.7 Å². The van der Waals surface area contributed by atoms with Gasteiger partial charge in [-0.05, 0) is 33.8 Å². The molecular formula is C24H24F7N5O5S2. The molecule has 0 bridgehead atoms. The first-order chi connectivity index (χ1) is 19.7. The summed E-state index contributed by atoms with van der Waals surface area (Å²) in [5.74, 6) is -3.60. The fourth-order valence-corrected chi connectivity index (χ4v) is 6.57. The van der Waals surface area contributed by atoms with Crippen molar-refractivity contribution in [2.75, 3.05) is 6.54 Å². The normalized spacial score (nSPS) is 19.0. The van der Waals surface area contributed by atoms with E-state index in [2.05, 4.69) is 15.2 Å². The first kappa shape index (κ1) is 32.7. The van der Waals surface area contributed by atoms with Crippen LogP contribution in [0.15, 0.2) is 21.4 Å². The van der Waals surface area contributed by atoms with Crippen LogP contribution in [0, 0.1) is 5.82 Å². The molecule has 2 N–H and O–H groups in total. The van der Waals surface area contributed by atoms with Crippen LogP contribution in [0.3, 0.4) is 0 Å². The second-order valence-electron chi connectivity index (χ2n) is 10.3. The van der Waals surface area contributed by atoms with Crippen LogP contribution in [-0.4, -0.2) is 70.5 Å². The Balaban J connectivity index is 1.90. The summed E-state index contributed by atoms with van der Waals surface area (Å²) in [5, 5.41) is 17.3. The second-order valence-corrected chi connectivity index (χ2v) is 13.0. The molecule has 1 fully saturated rings. The van der Waals surface area contributed by atoms with E-state index in [1.165, 1.54) is 25.5 Å². The molecule has 0 radical (unpaired) electrons. The van der Waals surface area contributed by atoms with Gasteiger partial charge < -0.3 is 14.4 Å². The number of halogens is 7. The zero-order valence-corrected chi connectivity index (χ0v) is 24.3. The monoisotopic (exact) mass is 659 g/mol. The third-order valence-corrected chi connectivity index (χ3v) is 9.10. The molecule has 3 atom stereocenters. The first-order valence-electron chi connectivity index (χ1n) is 12.4. The number of likely N-dealkylation sites (tertiary alicyclic amines) is 1. The van der Waals surface area contributed by atoms with Crippen molar-refractivity contribution < 1.29 is 53.5 Å². The largest absolute Gasteiger partial charge is 0.415 e. The molecular weight excluding hydrogens is 635 g/mol. The van der Waals surface area contributed by atoms with Crippen LogP contribution < -0.4 is 4.72 Å². The van der Waals surface area contributed by atoms with Gasteiger partial charge in [0.1, 0.15) is 28.4 Å². The van der Waals surface area contributed by atoms with Crippen molar-refractivity contribution in [2.24, 2.45) is 0 Å². The van der Waals surface area contributed by atoms with Gasteiger partial charge in [0.15, 0.2) is 10.8 Å². The Bertz CT molecular complexity index is 1640. The summed E-state index contributed by atoms with van der Waals surface area (Å²) in [5.41, 5.74) is -4.39. The molecule has 1 aliphatic rings. The highest BCUT2D eigenvalue weighted by atomic mass is 32.2. The molecule has 3 aromatic rings. The van der Waals surface area contributed by atoms with Crippen molar-refractivity contribution in [1.29, 1.82) is 0 Å². The van der Waals surface area contributed by atoms with Crippen LogP contribution in [0.1, 0.15) is 62.5 Å². The van der Waals surface area contributed by atoms with Gasteiger partial charge in [0, 0.05) is 18.0 Å². The van der Waals surface area contributed by atoms with E-state index in [4.69, 9.17) is 4.42 Å². The van der Waals surface area contributed by atoms with Crippen molar-refractivity contribution in [1.82, 2.24) is 24.8 Å². The average molecular weight is 660 g/mol. The van der Waals surface area contributed by atoms with Crippen LogP contribution in [0.25, 0.3) is 21.3 Å². The number of alkyl halides is 6. The predicted molar refractivity (Wildman–Crippen MR) is 137 cm³/mol. The number of hydrogen-bond donors (Lipinski definition) is 2. The third-order valence-electron chi connectivity index (χ3n) is 6.47. The minimum atomic E-state index is -5.29. The molecule has 1 amide bonds. The molecule has 4 rings (SSSR count). The first-order valence-corrected chi connectivity index (χ1v) is 14.7. The topological polar surface area (TPSA) is 139 Å². The van der Waals surface area contributed by atoms with Gasteiger partial charge in [-0.3, -0.25) is 4.79 Å². The lowest BCUT2D eigenvalue weighted by molar-refractivity contribution is -0.147. The summed E-state index contributed by atoms with van der Waals surface area (Å²) in [4.78, 5) is 16.8. The van der Waals surface area contributed by atoms with E-state index in [0.29, 0.717) is 30.4 Å². The number of benzene rings is 1. The maximum Gasteiger partial charge on any atom is 0.404 e. The number of aliphatic hydroxyl groups is 1. The highest BCUT2D eigenvalue weighted by Gasteiger charge is 2.41. The standard InChI is InChI=1S/C24H24F7N5O5S2/c1-9-7-11(25)8-36(9)21(37)16-17(42-20(32-16)19-33-34-22(41-19)23(3,4)38)12-5-6-13(15(26)14(12)18(27)28)43(39,40)35-10(2)24(29,30)31/h5-6,9-11,18,35,38H,7-8H2,1-4H3/t9-,10?,11?/m0/s1. The van der Waals surface area contributed by atoms with E-state index < -0.39 is 84.8 Å². The number of aromatic nitrogens is 3.